The Morgan fingerprint density at radius 3 is 2.83 bits per heavy atom. The highest BCUT2D eigenvalue weighted by molar-refractivity contribution is 6.31. The molecule has 1 aromatic carbocycles. The molecule has 6 nitrogen and oxygen atoms in total. The fourth-order valence-electron chi connectivity index (χ4n) is 2.23. The monoisotopic (exact) mass is 346 g/mol. The molecule has 0 saturated carbocycles. The Labute approximate surface area is 143 Å². The number of aryl methyl sites for hydroxylation is 1. The zero-order valence-electron chi connectivity index (χ0n) is 13.0. The van der Waals surface area contributed by atoms with E-state index in [1.165, 1.54) is 35.0 Å². The maximum Gasteiger partial charge on any atom is 0.268 e. The molecule has 1 aromatic heterocycles. The minimum Gasteiger partial charge on any atom is -0.507 e. The maximum atomic E-state index is 12.6. The first kappa shape index (κ1) is 17.7. The van der Waals surface area contributed by atoms with Gasteiger partial charge in [-0.3, -0.25) is 9.59 Å². The van der Waals surface area contributed by atoms with Crippen LogP contribution < -0.4 is 5.56 Å². The number of nitrogens with zero attached hydrogens (tertiary/aromatic N) is 2. The van der Waals surface area contributed by atoms with E-state index in [4.69, 9.17) is 21.6 Å². The fraction of sp³-hybridized carbons (Fsp3) is 0.235. The predicted octanol–water partition coefficient (Wildman–Crippen LogP) is 2.35. The summed E-state index contributed by atoms with van der Waals surface area (Å²) >= 11 is 5.86. The number of carbonyl (C=O) groups excluding carboxylic acids is 1. The van der Waals surface area contributed by atoms with Crippen LogP contribution in [0.15, 0.2) is 35.3 Å². The molecule has 7 heteroatoms. The number of phenolic OH excluding ortho intramolecular Hbond substituents is 1. The lowest BCUT2D eigenvalue weighted by atomic mass is 10.0. The van der Waals surface area contributed by atoms with Gasteiger partial charge in [-0.1, -0.05) is 11.6 Å². The summed E-state index contributed by atoms with van der Waals surface area (Å²) in [6.45, 7) is 0.756. The number of pyridine rings is 1. The first-order chi connectivity index (χ1) is 11.5. The second-order valence-corrected chi connectivity index (χ2v) is 5.53. The number of methoxy groups -OCH3 is 1. The number of halogens is 1. The summed E-state index contributed by atoms with van der Waals surface area (Å²) in [6.07, 6.45) is 1.93. The quantitative estimate of drug-likeness (QED) is 0.640. The first-order valence-electron chi connectivity index (χ1n) is 7.14. The molecule has 0 fully saturated rings. The lowest BCUT2D eigenvalue weighted by molar-refractivity contribution is 0.103. The fourth-order valence-corrected chi connectivity index (χ4v) is 2.40. The Bertz CT molecular complexity index is 868. The molecule has 0 atom stereocenters. The molecule has 1 N–H and O–H groups in total. The van der Waals surface area contributed by atoms with Crippen molar-refractivity contribution >= 4 is 17.4 Å². The third kappa shape index (κ3) is 3.82. The topological polar surface area (TPSA) is 92.3 Å². The van der Waals surface area contributed by atoms with Crippen LogP contribution in [0.2, 0.25) is 5.02 Å². The lowest BCUT2D eigenvalue weighted by Gasteiger charge is -2.10. The van der Waals surface area contributed by atoms with Crippen LogP contribution in [0.4, 0.5) is 0 Å². The number of aromatic nitrogens is 1. The average Bonchev–Trinajstić information content (AvgIpc) is 2.58. The lowest BCUT2D eigenvalue weighted by Crippen LogP contribution is -2.24. The van der Waals surface area contributed by atoms with E-state index in [1.54, 1.807) is 13.2 Å². The molecule has 2 rings (SSSR count). The summed E-state index contributed by atoms with van der Waals surface area (Å²) in [7, 11) is 1.55. The van der Waals surface area contributed by atoms with E-state index in [0.717, 1.165) is 0 Å². The van der Waals surface area contributed by atoms with E-state index in [-0.39, 0.29) is 22.4 Å². The molecule has 0 amide bonds. The SMILES string of the molecule is COCCCn1cc(C(=O)c2cc(Cl)ccc2O)cc(C#N)c1=O. The van der Waals surface area contributed by atoms with Crippen molar-refractivity contribution in [2.75, 3.05) is 13.7 Å². The standard InChI is InChI=1S/C17H15ClN2O4/c1-24-6-2-5-20-10-12(7-11(9-19)17(20)23)16(22)14-8-13(18)3-4-15(14)21/h3-4,7-8,10,21H,2,5-6H2,1H3. The highest BCUT2D eigenvalue weighted by atomic mass is 35.5. The van der Waals surface area contributed by atoms with Gasteiger partial charge in [-0.05, 0) is 30.7 Å². The van der Waals surface area contributed by atoms with Crippen LogP contribution in [0.3, 0.4) is 0 Å². The third-order valence-electron chi connectivity index (χ3n) is 3.42. The number of hydrogen-bond donors (Lipinski definition) is 1. The summed E-state index contributed by atoms with van der Waals surface area (Å²) in [5.41, 5.74) is -0.477. The Morgan fingerprint density at radius 1 is 1.42 bits per heavy atom. The number of rotatable bonds is 6. The van der Waals surface area contributed by atoms with Gasteiger partial charge in [-0.15, -0.1) is 0 Å². The molecule has 124 valence electrons. The molecule has 0 spiro atoms. The van der Waals surface area contributed by atoms with Gasteiger partial charge in [0.05, 0.1) is 5.56 Å². The van der Waals surface area contributed by atoms with Crippen LogP contribution >= 0.6 is 11.6 Å². The molecule has 24 heavy (non-hydrogen) atoms. The second-order valence-electron chi connectivity index (χ2n) is 5.09. The highest BCUT2D eigenvalue weighted by Crippen LogP contribution is 2.24. The number of carbonyl (C=O) groups is 1. The molecule has 2 aromatic rings. The van der Waals surface area contributed by atoms with Crippen LogP contribution in [-0.4, -0.2) is 29.2 Å². The molecule has 0 radical (unpaired) electrons. The summed E-state index contributed by atoms with van der Waals surface area (Å²) in [5.74, 6) is -0.743. The number of phenols is 1. The number of ether oxygens (including phenoxy) is 1. The van der Waals surface area contributed by atoms with Crippen LogP contribution in [0.5, 0.6) is 5.75 Å². The zero-order valence-corrected chi connectivity index (χ0v) is 13.7. The van der Waals surface area contributed by atoms with Crippen molar-refractivity contribution in [3.63, 3.8) is 0 Å². The molecule has 0 aliphatic heterocycles. The van der Waals surface area contributed by atoms with Gasteiger partial charge in [0, 0.05) is 37.0 Å². The van der Waals surface area contributed by atoms with Crippen LogP contribution in [0, 0.1) is 11.3 Å². The van der Waals surface area contributed by atoms with Crippen LogP contribution in [0.25, 0.3) is 0 Å². The van der Waals surface area contributed by atoms with Gasteiger partial charge in [-0.2, -0.15) is 5.26 Å². The summed E-state index contributed by atoms with van der Waals surface area (Å²) in [4.78, 5) is 24.8. The summed E-state index contributed by atoms with van der Waals surface area (Å²) < 4.78 is 6.24. The Hall–Kier alpha value is -2.62. The number of aromatic hydroxyl groups is 1. The Morgan fingerprint density at radius 2 is 2.17 bits per heavy atom. The largest absolute Gasteiger partial charge is 0.507 e. The zero-order chi connectivity index (χ0) is 17.7. The van der Waals surface area contributed by atoms with E-state index < -0.39 is 11.3 Å². The molecule has 1 heterocycles. The number of benzene rings is 1. The molecule has 0 saturated heterocycles. The van der Waals surface area contributed by atoms with Gasteiger partial charge in [0.2, 0.25) is 0 Å². The van der Waals surface area contributed by atoms with Gasteiger partial charge in [0.25, 0.3) is 5.56 Å². The van der Waals surface area contributed by atoms with Crippen molar-refractivity contribution in [1.82, 2.24) is 4.57 Å². The molecular weight excluding hydrogens is 332 g/mol. The van der Waals surface area contributed by atoms with Gasteiger partial charge in [-0.25, -0.2) is 0 Å². The minimum atomic E-state index is -0.521. The average molecular weight is 347 g/mol. The summed E-state index contributed by atoms with van der Waals surface area (Å²) in [5, 5.41) is 19.3. The Kier molecular flexibility index (Phi) is 5.74. The number of ketones is 1. The van der Waals surface area contributed by atoms with Gasteiger partial charge in [0.1, 0.15) is 17.4 Å². The van der Waals surface area contributed by atoms with E-state index in [0.29, 0.717) is 24.6 Å². The first-order valence-corrected chi connectivity index (χ1v) is 7.52. The molecule has 0 aliphatic rings. The van der Waals surface area contributed by atoms with Crippen molar-refractivity contribution in [2.24, 2.45) is 0 Å². The number of nitriles is 1. The van der Waals surface area contributed by atoms with Gasteiger partial charge < -0.3 is 14.4 Å². The van der Waals surface area contributed by atoms with Gasteiger partial charge >= 0.3 is 0 Å². The second kappa shape index (κ2) is 7.77. The van der Waals surface area contributed by atoms with E-state index in [9.17, 15) is 14.7 Å². The molecular formula is C17H15ClN2O4. The smallest absolute Gasteiger partial charge is 0.268 e. The van der Waals surface area contributed by atoms with E-state index in [1.807, 2.05) is 0 Å². The highest BCUT2D eigenvalue weighted by Gasteiger charge is 2.17. The van der Waals surface area contributed by atoms with Crippen LogP contribution in [0.1, 0.15) is 27.9 Å². The molecule has 0 aliphatic carbocycles. The number of hydrogen-bond acceptors (Lipinski definition) is 5. The van der Waals surface area contributed by atoms with E-state index >= 15 is 0 Å². The van der Waals surface area contributed by atoms with Crippen molar-refractivity contribution in [1.29, 1.82) is 5.26 Å². The van der Waals surface area contributed by atoms with Gasteiger partial charge in [0.15, 0.2) is 5.78 Å². The van der Waals surface area contributed by atoms with Crippen molar-refractivity contribution < 1.29 is 14.6 Å². The van der Waals surface area contributed by atoms with Crippen LogP contribution in [-0.2, 0) is 11.3 Å². The van der Waals surface area contributed by atoms with Crippen molar-refractivity contribution in [3.05, 3.63) is 62.5 Å². The molecule has 0 unspecified atom stereocenters. The normalized spacial score (nSPS) is 10.4. The van der Waals surface area contributed by atoms with Crippen molar-refractivity contribution in [3.8, 4) is 11.8 Å². The summed E-state index contributed by atoms with van der Waals surface area (Å²) in [6, 6.07) is 7.13. The Balaban J connectivity index is 2.48. The predicted molar refractivity (Wildman–Crippen MR) is 88.5 cm³/mol. The van der Waals surface area contributed by atoms with Crippen molar-refractivity contribution in [2.45, 2.75) is 13.0 Å². The van der Waals surface area contributed by atoms with E-state index in [2.05, 4.69) is 0 Å². The minimum absolute atomic E-state index is 0.00785. The maximum absolute atomic E-state index is 12.6. The molecule has 0 bridgehead atoms. The third-order valence-corrected chi connectivity index (χ3v) is 3.65.